The Morgan fingerprint density at radius 2 is 1.83 bits per heavy atom. The summed E-state index contributed by atoms with van der Waals surface area (Å²) in [5, 5.41) is 8.72. The lowest BCUT2D eigenvalue weighted by atomic mass is 9.96. The van der Waals surface area contributed by atoms with E-state index in [1.165, 1.54) is 18.4 Å². The molecule has 24 heavy (non-hydrogen) atoms. The molecule has 132 valence electrons. The molecule has 1 aromatic heterocycles. The SMILES string of the molecule is O=S(=O)(NCC1CN(c2cc3c(nn2)CCCC3)C1)N1CCCC1. The summed E-state index contributed by atoms with van der Waals surface area (Å²) < 4.78 is 28.7. The van der Waals surface area contributed by atoms with Crippen molar-refractivity contribution >= 4 is 16.0 Å². The van der Waals surface area contributed by atoms with Crippen LogP contribution in [-0.2, 0) is 23.1 Å². The molecule has 8 heteroatoms. The van der Waals surface area contributed by atoms with E-state index in [9.17, 15) is 8.42 Å². The maximum atomic E-state index is 12.2. The van der Waals surface area contributed by atoms with Crippen LogP contribution < -0.4 is 9.62 Å². The maximum absolute atomic E-state index is 12.2. The van der Waals surface area contributed by atoms with Gasteiger partial charge in [0.1, 0.15) is 0 Å². The fraction of sp³-hybridized carbons (Fsp3) is 0.750. The molecule has 0 spiro atoms. The summed E-state index contributed by atoms with van der Waals surface area (Å²) in [6.45, 7) is 3.49. The van der Waals surface area contributed by atoms with Crippen LogP contribution in [0, 0.1) is 5.92 Å². The highest BCUT2D eigenvalue weighted by atomic mass is 32.2. The van der Waals surface area contributed by atoms with E-state index in [0.29, 0.717) is 25.6 Å². The average Bonchev–Trinajstić information content (AvgIpc) is 3.08. The van der Waals surface area contributed by atoms with Crippen LogP contribution in [0.5, 0.6) is 0 Å². The van der Waals surface area contributed by atoms with Gasteiger partial charge in [-0.25, -0.2) is 4.72 Å². The van der Waals surface area contributed by atoms with E-state index in [1.54, 1.807) is 4.31 Å². The minimum absolute atomic E-state index is 0.347. The van der Waals surface area contributed by atoms with Gasteiger partial charge in [-0.1, -0.05) is 0 Å². The van der Waals surface area contributed by atoms with E-state index in [2.05, 4.69) is 25.9 Å². The minimum Gasteiger partial charge on any atom is -0.354 e. The maximum Gasteiger partial charge on any atom is 0.279 e. The van der Waals surface area contributed by atoms with E-state index < -0.39 is 10.2 Å². The van der Waals surface area contributed by atoms with Crippen molar-refractivity contribution in [1.82, 2.24) is 19.2 Å². The third kappa shape index (κ3) is 3.27. The zero-order valence-electron chi connectivity index (χ0n) is 13.9. The molecule has 0 radical (unpaired) electrons. The minimum atomic E-state index is -3.29. The Morgan fingerprint density at radius 3 is 2.62 bits per heavy atom. The Hall–Kier alpha value is -1.25. The lowest BCUT2D eigenvalue weighted by Gasteiger charge is -2.40. The third-order valence-electron chi connectivity index (χ3n) is 5.30. The second-order valence-electron chi connectivity index (χ2n) is 7.11. The molecule has 2 saturated heterocycles. The zero-order valence-corrected chi connectivity index (χ0v) is 14.8. The fourth-order valence-corrected chi connectivity index (χ4v) is 5.13. The van der Waals surface area contributed by atoms with Gasteiger partial charge >= 0.3 is 0 Å². The van der Waals surface area contributed by atoms with Crippen LogP contribution in [-0.4, -0.2) is 55.6 Å². The summed E-state index contributed by atoms with van der Waals surface area (Å²) in [6.07, 6.45) is 6.53. The molecule has 2 aliphatic heterocycles. The Bertz CT molecular complexity index is 696. The number of aromatic nitrogens is 2. The Labute approximate surface area is 143 Å². The van der Waals surface area contributed by atoms with E-state index in [-0.39, 0.29) is 0 Å². The van der Waals surface area contributed by atoms with Gasteiger partial charge in [-0.05, 0) is 50.2 Å². The molecule has 3 heterocycles. The van der Waals surface area contributed by atoms with Crippen LogP contribution >= 0.6 is 0 Å². The van der Waals surface area contributed by atoms with Gasteiger partial charge in [0.05, 0.1) is 5.69 Å². The molecule has 2 fully saturated rings. The summed E-state index contributed by atoms with van der Waals surface area (Å²) in [5.74, 6) is 1.29. The fourth-order valence-electron chi connectivity index (χ4n) is 3.76. The first-order chi connectivity index (χ1) is 11.6. The van der Waals surface area contributed by atoms with Crippen molar-refractivity contribution in [3.8, 4) is 0 Å². The largest absolute Gasteiger partial charge is 0.354 e. The normalized spacial score (nSPS) is 22.4. The first kappa shape index (κ1) is 16.2. The first-order valence-corrected chi connectivity index (χ1v) is 10.4. The van der Waals surface area contributed by atoms with Crippen LogP contribution in [0.3, 0.4) is 0 Å². The van der Waals surface area contributed by atoms with Crippen molar-refractivity contribution in [3.05, 3.63) is 17.3 Å². The lowest BCUT2D eigenvalue weighted by molar-refractivity contribution is 0.391. The second-order valence-corrected chi connectivity index (χ2v) is 8.87. The van der Waals surface area contributed by atoms with E-state index in [4.69, 9.17) is 0 Å². The monoisotopic (exact) mass is 351 g/mol. The van der Waals surface area contributed by atoms with Gasteiger partial charge in [0.2, 0.25) is 0 Å². The number of rotatable bonds is 5. The molecule has 0 unspecified atom stereocenters. The predicted molar refractivity (Wildman–Crippen MR) is 92.1 cm³/mol. The molecule has 1 aliphatic carbocycles. The van der Waals surface area contributed by atoms with Gasteiger partial charge in [-0.3, -0.25) is 0 Å². The first-order valence-electron chi connectivity index (χ1n) is 8.97. The number of nitrogens with zero attached hydrogens (tertiary/aromatic N) is 4. The molecule has 0 saturated carbocycles. The highest BCUT2D eigenvalue weighted by Gasteiger charge is 2.31. The summed E-state index contributed by atoms with van der Waals surface area (Å²) in [5.41, 5.74) is 2.49. The van der Waals surface area contributed by atoms with Gasteiger partial charge < -0.3 is 4.90 Å². The Morgan fingerprint density at radius 1 is 1.08 bits per heavy atom. The van der Waals surface area contributed by atoms with E-state index in [1.807, 2.05) is 0 Å². The lowest BCUT2D eigenvalue weighted by Crippen LogP contribution is -2.53. The van der Waals surface area contributed by atoms with Crippen molar-refractivity contribution in [3.63, 3.8) is 0 Å². The zero-order chi connectivity index (χ0) is 16.6. The number of nitrogens with one attached hydrogen (secondary N) is 1. The molecule has 0 aromatic carbocycles. The molecule has 1 aromatic rings. The molecular weight excluding hydrogens is 326 g/mol. The van der Waals surface area contributed by atoms with E-state index in [0.717, 1.165) is 50.3 Å². The summed E-state index contributed by atoms with van der Waals surface area (Å²) in [6, 6.07) is 2.17. The number of fused-ring (bicyclic) bond motifs is 1. The summed E-state index contributed by atoms with van der Waals surface area (Å²) >= 11 is 0. The van der Waals surface area contributed by atoms with Crippen molar-refractivity contribution in [2.24, 2.45) is 5.92 Å². The van der Waals surface area contributed by atoms with Gasteiger partial charge in [0.25, 0.3) is 10.2 Å². The molecule has 7 nitrogen and oxygen atoms in total. The average molecular weight is 351 g/mol. The van der Waals surface area contributed by atoms with Crippen molar-refractivity contribution in [2.45, 2.75) is 38.5 Å². The molecule has 4 rings (SSSR count). The van der Waals surface area contributed by atoms with E-state index >= 15 is 0 Å². The van der Waals surface area contributed by atoms with Crippen LogP contribution in [0.1, 0.15) is 36.9 Å². The number of hydrogen-bond donors (Lipinski definition) is 1. The number of hydrogen-bond acceptors (Lipinski definition) is 5. The summed E-state index contributed by atoms with van der Waals surface area (Å²) in [4.78, 5) is 2.19. The Kier molecular flexibility index (Phi) is 4.44. The number of anilines is 1. The van der Waals surface area contributed by atoms with Gasteiger partial charge in [-0.2, -0.15) is 17.8 Å². The Balaban J connectivity index is 1.29. The van der Waals surface area contributed by atoms with Crippen LogP contribution in [0.4, 0.5) is 5.82 Å². The second kappa shape index (κ2) is 6.57. The molecule has 0 bridgehead atoms. The smallest absolute Gasteiger partial charge is 0.279 e. The third-order valence-corrected chi connectivity index (χ3v) is 6.87. The highest BCUT2D eigenvalue weighted by Crippen LogP contribution is 2.26. The standard InChI is InChI=1S/C16H25N5O2S/c22-24(23,21-7-3-4-8-21)17-10-13-11-20(12-13)16-9-14-5-1-2-6-15(14)18-19-16/h9,13,17H,1-8,10-12H2. The topological polar surface area (TPSA) is 78.4 Å². The van der Waals surface area contributed by atoms with Crippen molar-refractivity contribution in [1.29, 1.82) is 0 Å². The molecule has 0 amide bonds. The molecule has 0 atom stereocenters. The molecule has 3 aliphatic rings. The predicted octanol–water partition coefficient (Wildman–Crippen LogP) is 0.722. The van der Waals surface area contributed by atoms with Crippen molar-refractivity contribution in [2.75, 3.05) is 37.6 Å². The quantitative estimate of drug-likeness (QED) is 0.846. The van der Waals surface area contributed by atoms with Crippen molar-refractivity contribution < 1.29 is 8.42 Å². The van der Waals surface area contributed by atoms with Crippen LogP contribution in [0.2, 0.25) is 0 Å². The molecular formula is C16H25N5O2S. The number of aryl methyl sites for hydroxylation is 2. The van der Waals surface area contributed by atoms with Crippen LogP contribution in [0.15, 0.2) is 6.07 Å². The van der Waals surface area contributed by atoms with Gasteiger partial charge in [0.15, 0.2) is 5.82 Å². The highest BCUT2D eigenvalue weighted by molar-refractivity contribution is 7.87. The summed E-state index contributed by atoms with van der Waals surface area (Å²) in [7, 11) is -3.29. The van der Waals surface area contributed by atoms with Gasteiger partial charge in [0, 0.05) is 38.6 Å². The molecule has 1 N–H and O–H groups in total. The van der Waals surface area contributed by atoms with Crippen LogP contribution in [0.25, 0.3) is 0 Å². The van der Waals surface area contributed by atoms with Gasteiger partial charge in [-0.15, -0.1) is 5.10 Å².